The Balaban J connectivity index is 1.77. The van der Waals surface area contributed by atoms with Crippen molar-refractivity contribution in [1.82, 2.24) is 4.90 Å². The molecule has 1 atom stereocenters. The van der Waals surface area contributed by atoms with E-state index in [0.717, 1.165) is 32.4 Å². The van der Waals surface area contributed by atoms with Crippen LogP contribution in [-0.2, 0) is 4.79 Å². The number of amides is 1. The van der Waals surface area contributed by atoms with Crippen molar-refractivity contribution in [1.29, 1.82) is 0 Å². The number of nitrogens with zero attached hydrogens (tertiary/aromatic N) is 1. The number of aliphatic hydroxyl groups excluding tert-OH is 1. The van der Waals surface area contributed by atoms with E-state index in [1.807, 2.05) is 4.90 Å². The summed E-state index contributed by atoms with van der Waals surface area (Å²) in [6, 6.07) is 0. The van der Waals surface area contributed by atoms with Crippen LogP contribution >= 0.6 is 0 Å². The summed E-state index contributed by atoms with van der Waals surface area (Å²) in [5, 5.41) is 8.90. The summed E-state index contributed by atoms with van der Waals surface area (Å²) in [6.45, 7) is 2.08. The molecule has 0 radical (unpaired) electrons. The lowest BCUT2D eigenvalue weighted by atomic mass is 9.95. The van der Waals surface area contributed by atoms with Crippen molar-refractivity contribution in [3.8, 4) is 0 Å². The van der Waals surface area contributed by atoms with Crippen LogP contribution in [0.25, 0.3) is 0 Å². The van der Waals surface area contributed by atoms with Gasteiger partial charge in [0, 0.05) is 26.1 Å². The number of piperidine rings is 1. The molecule has 2 fully saturated rings. The molecule has 2 aliphatic rings. The number of rotatable bonds is 4. The Morgan fingerprint density at radius 1 is 1.27 bits per heavy atom. The minimum Gasteiger partial charge on any atom is -0.396 e. The van der Waals surface area contributed by atoms with Crippen LogP contribution in [0, 0.1) is 11.8 Å². The molecule has 0 aromatic rings. The third kappa shape index (κ3) is 3.20. The molecule has 2 rings (SSSR count). The van der Waals surface area contributed by atoms with Crippen LogP contribution in [0.1, 0.15) is 38.5 Å². The summed E-state index contributed by atoms with van der Waals surface area (Å²) >= 11 is 0. The topological polar surface area (TPSA) is 40.5 Å². The fourth-order valence-electron chi connectivity index (χ4n) is 2.41. The van der Waals surface area contributed by atoms with E-state index in [1.165, 1.54) is 19.3 Å². The first kappa shape index (κ1) is 10.9. The predicted octanol–water partition coefficient (Wildman–Crippen LogP) is 1.41. The zero-order valence-corrected chi connectivity index (χ0v) is 9.32. The quantitative estimate of drug-likeness (QED) is 0.763. The van der Waals surface area contributed by atoms with Crippen molar-refractivity contribution >= 4 is 5.91 Å². The van der Waals surface area contributed by atoms with Crippen LogP contribution in [0.5, 0.6) is 0 Å². The Morgan fingerprint density at radius 2 is 2.07 bits per heavy atom. The molecule has 1 N–H and O–H groups in total. The maximum atomic E-state index is 11.9. The fraction of sp³-hybridized carbons (Fsp3) is 0.917. The molecule has 0 spiro atoms. The predicted molar refractivity (Wildman–Crippen MR) is 58.3 cm³/mol. The monoisotopic (exact) mass is 211 g/mol. The summed E-state index contributed by atoms with van der Waals surface area (Å²) in [5.74, 6) is 1.57. The molecule has 0 aromatic carbocycles. The van der Waals surface area contributed by atoms with Crippen molar-refractivity contribution in [3.63, 3.8) is 0 Å². The van der Waals surface area contributed by atoms with Crippen molar-refractivity contribution in [2.45, 2.75) is 38.5 Å². The maximum absolute atomic E-state index is 11.9. The number of aliphatic hydroxyl groups is 1. The number of likely N-dealkylation sites (tertiary alicyclic amines) is 1. The standard InChI is InChI=1S/C12H21NO2/c14-7-5-11-2-1-6-13(9-11)12(15)8-10-3-4-10/h10-11,14H,1-9H2. The van der Waals surface area contributed by atoms with Gasteiger partial charge in [0.15, 0.2) is 0 Å². The Hall–Kier alpha value is -0.570. The lowest BCUT2D eigenvalue weighted by Gasteiger charge is -2.32. The minimum absolute atomic E-state index is 0.259. The van der Waals surface area contributed by atoms with Crippen LogP contribution in [0.4, 0.5) is 0 Å². The normalized spacial score (nSPS) is 26.7. The Kier molecular flexibility index (Phi) is 3.62. The summed E-state index contributed by atoms with van der Waals surface area (Å²) in [5.41, 5.74) is 0. The second kappa shape index (κ2) is 4.97. The Morgan fingerprint density at radius 3 is 2.73 bits per heavy atom. The molecular weight excluding hydrogens is 190 g/mol. The molecule has 15 heavy (non-hydrogen) atoms. The van der Waals surface area contributed by atoms with Gasteiger partial charge in [-0.3, -0.25) is 4.79 Å². The summed E-state index contributed by atoms with van der Waals surface area (Å²) < 4.78 is 0. The Bertz CT molecular complexity index is 224. The van der Waals surface area contributed by atoms with Gasteiger partial charge in [-0.15, -0.1) is 0 Å². The molecule has 1 saturated heterocycles. The average molecular weight is 211 g/mol. The average Bonchev–Trinajstić information content (AvgIpc) is 3.03. The van der Waals surface area contributed by atoms with Gasteiger partial charge in [-0.05, 0) is 43.9 Å². The van der Waals surface area contributed by atoms with Gasteiger partial charge < -0.3 is 10.0 Å². The van der Waals surface area contributed by atoms with Gasteiger partial charge in [0.1, 0.15) is 0 Å². The molecule has 0 bridgehead atoms. The molecule has 1 aliphatic carbocycles. The highest BCUT2D eigenvalue weighted by Crippen LogP contribution is 2.33. The van der Waals surface area contributed by atoms with Gasteiger partial charge in [0.05, 0.1) is 0 Å². The van der Waals surface area contributed by atoms with E-state index >= 15 is 0 Å². The van der Waals surface area contributed by atoms with Gasteiger partial charge in [-0.2, -0.15) is 0 Å². The molecule has 86 valence electrons. The molecule has 1 heterocycles. The van der Waals surface area contributed by atoms with Gasteiger partial charge in [0.2, 0.25) is 5.91 Å². The van der Waals surface area contributed by atoms with Crippen molar-refractivity contribution in [3.05, 3.63) is 0 Å². The van der Waals surface area contributed by atoms with Crippen molar-refractivity contribution < 1.29 is 9.90 Å². The smallest absolute Gasteiger partial charge is 0.222 e. The highest BCUT2D eigenvalue weighted by Gasteiger charge is 2.29. The molecule has 1 amide bonds. The second-order valence-electron chi connectivity index (χ2n) is 5.01. The van der Waals surface area contributed by atoms with Crippen LogP contribution in [-0.4, -0.2) is 35.6 Å². The SMILES string of the molecule is O=C(CC1CC1)N1CCCC(CCO)C1. The lowest BCUT2D eigenvalue weighted by molar-refractivity contribution is -0.133. The van der Waals surface area contributed by atoms with E-state index in [0.29, 0.717) is 17.7 Å². The van der Waals surface area contributed by atoms with Gasteiger partial charge >= 0.3 is 0 Å². The number of hydrogen-bond acceptors (Lipinski definition) is 2. The van der Waals surface area contributed by atoms with E-state index in [1.54, 1.807) is 0 Å². The largest absolute Gasteiger partial charge is 0.396 e. The first-order valence-corrected chi connectivity index (χ1v) is 6.18. The molecule has 3 nitrogen and oxygen atoms in total. The lowest BCUT2D eigenvalue weighted by Crippen LogP contribution is -2.40. The summed E-state index contributed by atoms with van der Waals surface area (Å²) in [4.78, 5) is 13.9. The van der Waals surface area contributed by atoms with Crippen LogP contribution < -0.4 is 0 Å². The second-order valence-corrected chi connectivity index (χ2v) is 5.01. The first-order chi connectivity index (χ1) is 7.29. The highest BCUT2D eigenvalue weighted by atomic mass is 16.3. The maximum Gasteiger partial charge on any atom is 0.222 e. The third-order valence-corrected chi connectivity index (χ3v) is 3.57. The minimum atomic E-state index is 0.259. The van der Waals surface area contributed by atoms with Gasteiger partial charge in [0.25, 0.3) is 0 Å². The van der Waals surface area contributed by atoms with E-state index < -0.39 is 0 Å². The fourth-order valence-corrected chi connectivity index (χ4v) is 2.41. The van der Waals surface area contributed by atoms with Gasteiger partial charge in [-0.25, -0.2) is 0 Å². The summed E-state index contributed by atoms with van der Waals surface area (Å²) in [7, 11) is 0. The molecular formula is C12H21NO2. The van der Waals surface area contributed by atoms with Crippen molar-refractivity contribution in [2.75, 3.05) is 19.7 Å². The van der Waals surface area contributed by atoms with E-state index in [-0.39, 0.29) is 6.61 Å². The third-order valence-electron chi connectivity index (χ3n) is 3.57. The molecule has 3 heteroatoms. The summed E-state index contributed by atoms with van der Waals surface area (Å²) in [6.07, 6.45) is 6.41. The van der Waals surface area contributed by atoms with E-state index in [4.69, 9.17) is 5.11 Å². The molecule has 1 aliphatic heterocycles. The number of carbonyl (C=O) groups excluding carboxylic acids is 1. The van der Waals surface area contributed by atoms with Crippen molar-refractivity contribution in [2.24, 2.45) is 11.8 Å². The van der Waals surface area contributed by atoms with Crippen LogP contribution in [0.3, 0.4) is 0 Å². The highest BCUT2D eigenvalue weighted by molar-refractivity contribution is 5.76. The molecule has 1 unspecified atom stereocenters. The van der Waals surface area contributed by atoms with E-state index in [9.17, 15) is 4.79 Å². The Labute approximate surface area is 91.5 Å². The van der Waals surface area contributed by atoms with Gasteiger partial charge in [-0.1, -0.05) is 0 Å². The molecule has 1 saturated carbocycles. The number of hydrogen-bond donors (Lipinski definition) is 1. The zero-order chi connectivity index (χ0) is 10.7. The number of carbonyl (C=O) groups is 1. The first-order valence-electron chi connectivity index (χ1n) is 6.18. The zero-order valence-electron chi connectivity index (χ0n) is 9.32. The van der Waals surface area contributed by atoms with Crippen LogP contribution in [0.2, 0.25) is 0 Å². The molecule has 0 aromatic heterocycles. The van der Waals surface area contributed by atoms with E-state index in [2.05, 4.69) is 0 Å². The van der Waals surface area contributed by atoms with Crippen LogP contribution in [0.15, 0.2) is 0 Å².